The Morgan fingerprint density at radius 2 is 1.88 bits per heavy atom. The molecule has 0 radical (unpaired) electrons. The molecule has 0 bridgehead atoms. The number of esters is 1. The zero-order chi connectivity index (χ0) is 13.5. The maximum absolute atomic E-state index is 11.3. The number of hydrogen-bond acceptors (Lipinski definition) is 5. The van der Waals surface area contributed by atoms with Crippen molar-refractivity contribution in [3.05, 3.63) is 0 Å². The molecule has 6 heteroatoms. The molecule has 0 spiro atoms. The van der Waals surface area contributed by atoms with E-state index in [1.54, 1.807) is 20.8 Å². The van der Waals surface area contributed by atoms with Crippen LogP contribution in [0.4, 0.5) is 4.79 Å². The molecule has 1 atom stereocenters. The SMILES string of the molecule is CCC(CC(=O)OC)ONC(=O)OC(C)(C)C. The number of carbonyl (C=O) groups excluding carboxylic acids is 2. The van der Waals surface area contributed by atoms with Crippen molar-refractivity contribution in [1.29, 1.82) is 0 Å². The molecule has 0 saturated carbocycles. The monoisotopic (exact) mass is 247 g/mol. The van der Waals surface area contributed by atoms with Crippen LogP contribution in [0.25, 0.3) is 0 Å². The van der Waals surface area contributed by atoms with Crippen molar-refractivity contribution in [3.63, 3.8) is 0 Å². The first-order valence-corrected chi connectivity index (χ1v) is 5.50. The summed E-state index contributed by atoms with van der Waals surface area (Å²) in [6, 6.07) is 0. The highest BCUT2D eigenvalue weighted by Crippen LogP contribution is 2.07. The fourth-order valence-electron chi connectivity index (χ4n) is 0.969. The van der Waals surface area contributed by atoms with Gasteiger partial charge in [0.2, 0.25) is 0 Å². The molecule has 0 rings (SSSR count). The largest absolute Gasteiger partial charge is 0.469 e. The van der Waals surface area contributed by atoms with E-state index >= 15 is 0 Å². The molecule has 1 amide bonds. The van der Waals surface area contributed by atoms with Gasteiger partial charge in [-0.05, 0) is 27.2 Å². The summed E-state index contributed by atoms with van der Waals surface area (Å²) in [5.41, 5.74) is 1.56. The number of carbonyl (C=O) groups is 2. The van der Waals surface area contributed by atoms with Gasteiger partial charge in [-0.15, -0.1) is 0 Å². The van der Waals surface area contributed by atoms with Crippen molar-refractivity contribution in [1.82, 2.24) is 5.48 Å². The molecular formula is C11H21NO5. The highest BCUT2D eigenvalue weighted by atomic mass is 16.7. The highest BCUT2D eigenvalue weighted by molar-refractivity contribution is 5.70. The zero-order valence-corrected chi connectivity index (χ0v) is 11.0. The minimum Gasteiger partial charge on any atom is -0.469 e. The van der Waals surface area contributed by atoms with Crippen molar-refractivity contribution >= 4 is 12.1 Å². The zero-order valence-electron chi connectivity index (χ0n) is 11.0. The standard InChI is InChI=1S/C11H21NO5/c1-6-8(7-9(13)15-5)17-12-10(14)16-11(2,3)4/h8H,6-7H2,1-5H3,(H,12,14). The molecule has 100 valence electrons. The summed E-state index contributed by atoms with van der Waals surface area (Å²) < 4.78 is 9.48. The Balaban J connectivity index is 3.98. The van der Waals surface area contributed by atoms with Crippen LogP contribution in [0.5, 0.6) is 0 Å². The van der Waals surface area contributed by atoms with E-state index in [4.69, 9.17) is 9.57 Å². The van der Waals surface area contributed by atoms with Gasteiger partial charge in [-0.2, -0.15) is 5.48 Å². The second-order valence-electron chi connectivity index (χ2n) is 4.53. The fraction of sp³-hybridized carbons (Fsp3) is 0.818. The molecule has 0 aromatic heterocycles. The average molecular weight is 247 g/mol. The molecule has 1 N–H and O–H groups in total. The molecular weight excluding hydrogens is 226 g/mol. The first kappa shape index (κ1) is 15.7. The summed E-state index contributed by atoms with van der Waals surface area (Å²) in [7, 11) is 1.30. The summed E-state index contributed by atoms with van der Waals surface area (Å²) in [6.07, 6.45) is -0.441. The Labute approximate surface area is 102 Å². The van der Waals surface area contributed by atoms with Gasteiger partial charge in [0.15, 0.2) is 0 Å². The molecule has 0 aliphatic heterocycles. The average Bonchev–Trinajstić information content (AvgIpc) is 2.21. The first-order valence-electron chi connectivity index (χ1n) is 5.50. The molecule has 0 aromatic carbocycles. The van der Waals surface area contributed by atoms with E-state index in [0.29, 0.717) is 6.42 Å². The van der Waals surface area contributed by atoms with Gasteiger partial charge < -0.3 is 9.47 Å². The van der Waals surface area contributed by atoms with Gasteiger partial charge in [0.05, 0.1) is 19.6 Å². The van der Waals surface area contributed by atoms with Gasteiger partial charge >= 0.3 is 12.1 Å². The number of hydrogen-bond donors (Lipinski definition) is 1. The molecule has 0 saturated heterocycles. The Bertz CT molecular complexity index is 259. The molecule has 17 heavy (non-hydrogen) atoms. The minimum absolute atomic E-state index is 0.0861. The van der Waals surface area contributed by atoms with E-state index < -0.39 is 17.8 Å². The third-order valence-electron chi connectivity index (χ3n) is 1.79. The van der Waals surface area contributed by atoms with Crippen molar-refractivity contribution in [2.45, 2.75) is 52.2 Å². The van der Waals surface area contributed by atoms with Crippen molar-refractivity contribution in [3.8, 4) is 0 Å². The Morgan fingerprint density at radius 1 is 1.29 bits per heavy atom. The molecule has 0 aliphatic carbocycles. The Kier molecular flexibility index (Phi) is 6.57. The van der Waals surface area contributed by atoms with Crippen LogP contribution in [0.15, 0.2) is 0 Å². The van der Waals surface area contributed by atoms with Crippen LogP contribution in [0.1, 0.15) is 40.5 Å². The van der Waals surface area contributed by atoms with E-state index in [0.717, 1.165) is 0 Å². The number of ether oxygens (including phenoxy) is 2. The fourth-order valence-corrected chi connectivity index (χ4v) is 0.969. The van der Waals surface area contributed by atoms with Crippen LogP contribution in [0.2, 0.25) is 0 Å². The van der Waals surface area contributed by atoms with Crippen molar-refractivity contribution in [2.75, 3.05) is 7.11 Å². The third kappa shape index (κ3) is 8.50. The Hall–Kier alpha value is -1.30. The van der Waals surface area contributed by atoms with E-state index in [1.807, 2.05) is 6.92 Å². The van der Waals surface area contributed by atoms with Crippen LogP contribution in [-0.2, 0) is 19.1 Å². The number of hydroxylamine groups is 1. The smallest absolute Gasteiger partial charge is 0.431 e. The molecule has 6 nitrogen and oxygen atoms in total. The van der Waals surface area contributed by atoms with Crippen molar-refractivity contribution in [2.24, 2.45) is 0 Å². The maximum atomic E-state index is 11.3. The summed E-state index contributed by atoms with van der Waals surface area (Å²) in [5, 5.41) is 0. The lowest BCUT2D eigenvalue weighted by molar-refractivity contribution is -0.145. The summed E-state index contributed by atoms with van der Waals surface area (Å²) in [5.74, 6) is -0.386. The van der Waals surface area contributed by atoms with Crippen LogP contribution in [0, 0.1) is 0 Å². The molecule has 1 unspecified atom stereocenters. The second-order valence-corrected chi connectivity index (χ2v) is 4.53. The number of nitrogens with one attached hydrogen (secondary N) is 1. The van der Waals surface area contributed by atoms with E-state index in [2.05, 4.69) is 10.2 Å². The summed E-state index contributed by atoms with van der Waals surface area (Å²) >= 11 is 0. The van der Waals surface area contributed by atoms with E-state index in [-0.39, 0.29) is 12.4 Å². The lowest BCUT2D eigenvalue weighted by atomic mass is 10.2. The maximum Gasteiger partial charge on any atom is 0.431 e. The van der Waals surface area contributed by atoms with Gasteiger partial charge in [0.1, 0.15) is 5.60 Å². The molecule has 0 aliphatic rings. The van der Waals surface area contributed by atoms with Crippen LogP contribution in [0.3, 0.4) is 0 Å². The normalized spacial score (nSPS) is 12.8. The predicted molar refractivity (Wildman–Crippen MR) is 61.2 cm³/mol. The van der Waals surface area contributed by atoms with E-state index in [9.17, 15) is 9.59 Å². The third-order valence-corrected chi connectivity index (χ3v) is 1.79. The quantitative estimate of drug-likeness (QED) is 0.592. The number of rotatable bonds is 5. The summed E-state index contributed by atoms with van der Waals surface area (Å²) in [6.45, 7) is 7.08. The van der Waals surface area contributed by atoms with Crippen LogP contribution < -0.4 is 5.48 Å². The predicted octanol–water partition coefficient (Wildman–Crippen LogP) is 1.78. The topological polar surface area (TPSA) is 73.9 Å². The molecule has 0 aromatic rings. The van der Waals surface area contributed by atoms with Gasteiger partial charge in [-0.3, -0.25) is 9.63 Å². The second kappa shape index (κ2) is 7.11. The van der Waals surface area contributed by atoms with Gasteiger partial charge in [0.25, 0.3) is 0 Å². The number of amides is 1. The first-order chi connectivity index (χ1) is 7.78. The molecule has 0 heterocycles. The lowest BCUT2D eigenvalue weighted by Crippen LogP contribution is -2.35. The van der Waals surface area contributed by atoms with Gasteiger partial charge in [-0.1, -0.05) is 6.92 Å². The van der Waals surface area contributed by atoms with Gasteiger partial charge in [0, 0.05) is 0 Å². The number of methoxy groups -OCH3 is 1. The molecule has 0 fully saturated rings. The summed E-state index contributed by atoms with van der Waals surface area (Å²) in [4.78, 5) is 27.3. The highest BCUT2D eigenvalue weighted by Gasteiger charge is 2.19. The lowest BCUT2D eigenvalue weighted by Gasteiger charge is -2.21. The van der Waals surface area contributed by atoms with E-state index in [1.165, 1.54) is 7.11 Å². The Morgan fingerprint density at radius 3 is 2.29 bits per heavy atom. The minimum atomic E-state index is -0.680. The van der Waals surface area contributed by atoms with Crippen LogP contribution >= 0.6 is 0 Å². The van der Waals surface area contributed by atoms with Crippen molar-refractivity contribution < 1.29 is 23.9 Å². The van der Waals surface area contributed by atoms with Crippen LogP contribution in [-0.4, -0.2) is 30.9 Å². The van der Waals surface area contributed by atoms with Gasteiger partial charge in [-0.25, -0.2) is 4.79 Å².